The molecule has 1 atom stereocenters. The molecule has 2 rings (SSSR count). The van der Waals surface area contributed by atoms with Crippen LogP contribution in [0.3, 0.4) is 0 Å². The first-order valence-electron chi connectivity index (χ1n) is 8.24. The molecule has 7 nitrogen and oxygen atoms in total. The maximum absolute atomic E-state index is 12.3. The molecule has 0 bridgehead atoms. The Morgan fingerprint density at radius 3 is 2.28 bits per heavy atom. The minimum Gasteiger partial charge on any atom is -0.467 e. The zero-order chi connectivity index (χ0) is 18.6. The normalized spacial score (nSPS) is 15.7. The van der Waals surface area contributed by atoms with Gasteiger partial charge in [0.05, 0.1) is 12.0 Å². The van der Waals surface area contributed by atoms with E-state index in [4.69, 9.17) is 4.74 Å². The molecule has 138 valence electrons. The van der Waals surface area contributed by atoms with Crippen molar-refractivity contribution in [3.63, 3.8) is 0 Å². The lowest BCUT2D eigenvalue weighted by atomic mass is 10.0. The second-order valence-electron chi connectivity index (χ2n) is 6.60. The first-order chi connectivity index (χ1) is 11.7. The van der Waals surface area contributed by atoms with Crippen molar-refractivity contribution in [1.82, 2.24) is 10.0 Å². The molecule has 0 spiro atoms. The molecule has 0 radical (unpaired) electrons. The summed E-state index contributed by atoms with van der Waals surface area (Å²) in [4.78, 5) is 24.2. The summed E-state index contributed by atoms with van der Waals surface area (Å²) in [6.45, 7) is 3.88. The SMILES string of the molecule is COC(=O)C(CC(C)C)NC(=O)c1ccc(S(=O)(=O)NC2CC2)cc1. The topological polar surface area (TPSA) is 102 Å². The van der Waals surface area contributed by atoms with Gasteiger partial charge in [0, 0.05) is 11.6 Å². The third-order valence-electron chi connectivity index (χ3n) is 3.82. The van der Waals surface area contributed by atoms with Crippen LogP contribution in [0.25, 0.3) is 0 Å². The number of nitrogens with one attached hydrogen (secondary N) is 2. The smallest absolute Gasteiger partial charge is 0.328 e. The number of hydrogen-bond acceptors (Lipinski definition) is 5. The molecule has 0 heterocycles. The molecule has 2 N–H and O–H groups in total. The maximum atomic E-state index is 12.3. The molecule has 1 unspecified atom stereocenters. The monoisotopic (exact) mass is 368 g/mol. The number of methoxy groups -OCH3 is 1. The molecule has 1 amide bonds. The summed E-state index contributed by atoms with van der Waals surface area (Å²) in [5.41, 5.74) is 0.281. The van der Waals surface area contributed by atoms with Crippen molar-refractivity contribution in [3.8, 4) is 0 Å². The molecular weight excluding hydrogens is 344 g/mol. The number of esters is 1. The fourth-order valence-corrected chi connectivity index (χ4v) is 3.65. The Labute approximate surface area is 148 Å². The zero-order valence-corrected chi connectivity index (χ0v) is 15.4. The minimum absolute atomic E-state index is 0.0184. The number of hydrogen-bond donors (Lipinski definition) is 2. The van der Waals surface area contributed by atoms with Crippen molar-refractivity contribution in [2.75, 3.05) is 7.11 Å². The van der Waals surface area contributed by atoms with Crippen molar-refractivity contribution in [3.05, 3.63) is 29.8 Å². The Hall–Kier alpha value is -1.93. The number of amides is 1. The van der Waals surface area contributed by atoms with Crippen LogP contribution in [0, 0.1) is 5.92 Å². The molecule has 1 fully saturated rings. The molecule has 1 aliphatic rings. The van der Waals surface area contributed by atoms with Crippen LogP contribution in [-0.4, -0.2) is 39.5 Å². The predicted molar refractivity (Wildman–Crippen MR) is 92.5 cm³/mol. The molecule has 0 aliphatic heterocycles. The molecule has 1 aliphatic carbocycles. The van der Waals surface area contributed by atoms with E-state index < -0.39 is 27.9 Å². The van der Waals surface area contributed by atoms with Crippen LogP contribution < -0.4 is 10.0 Å². The van der Waals surface area contributed by atoms with Gasteiger partial charge in [0.15, 0.2) is 0 Å². The van der Waals surface area contributed by atoms with Crippen LogP contribution in [0.15, 0.2) is 29.2 Å². The molecule has 8 heteroatoms. The van der Waals surface area contributed by atoms with Crippen LogP contribution in [0.1, 0.15) is 43.5 Å². The molecule has 25 heavy (non-hydrogen) atoms. The van der Waals surface area contributed by atoms with Crippen LogP contribution in [0.5, 0.6) is 0 Å². The predicted octanol–water partition coefficient (Wildman–Crippen LogP) is 1.44. The average molecular weight is 368 g/mol. The third-order valence-corrected chi connectivity index (χ3v) is 5.36. The highest BCUT2D eigenvalue weighted by atomic mass is 32.2. The van der Waals surface area contributed by atoms with Gasteiger partial charge in [-0.2, -0.15) is 0 Å². The summed E-state index contributed by atoms with van der Waals surface area (Å²) in [5.74, 6) is -0.754. The lowest BCUT2D eigenvalue weighted by molar-refractivity contribution is -0.143. The van der Waals surface area contributed by atoms with Crippen molar-refractivity contribution in [2.24, 2.45) is 5.92 Å². The van der Waals surface area contributed by atoms with E-state index in [0.29, 0.717) is 6.42 Å². The van der Waals surface area contributed by atoms with Gasteiger partial charge in [0.25, 0.3) is 5.91 Å². The van der Waals surface area contributed by atoms with Crippen molar-refractivity contribution >= 4 is 21.9 Å². The first kappa shape index (κ1) is 19.4. The van der Waals surface area contributed by atoms with E-state index >= 15 is 0 Å². The summed E-state index contributed by atoms with van der Waals surface area (Å²) in [5, 5.41) is 2.64. The van der Waals surface area contributed by atoms with Gasteiger partial charge >= 0.3 is 5.97 Å². The van der Waals surface area contributed by atoms with E-state index in [0.717, 1.165) is 12.8 Å². The summed E-state index contributed by atoms with van der Waals surface area (Å²) >= 11 is 0. The van der Waals surface area contributed by atoms with E-state index in [-0.39, 0.29) is 22.4 Å². The van der Waals surface area contributed by atoms with E-state index in [9.17, 15) is 18.0 Å². The highest BCUT2D eigenvalue weighted by Gasteiger charge is 2.28. The Bertz CT molecular complexity index is 724. The number of carbonyl (C=O) groups is 2. The summed E-state index contributed by atoms with van der Waals surface area (Å²) in [6.07, 6.45) is 2.16. The Kier molecular flexibility index (Phi) is 6.18. The highest BCUT2D eigenvalue weighted by molar-refractivity contribution is 7.89. The van der Waals surface area contributed by atoms with Crippen molar-refractivity contribution < 1.29 is 22.7 Å². The second kappa shape index (κ2) is 7.97. The lowest BCUT2D eigenvalue weighted by Gasteiger charge is -2.18. The van der Waals surface area contributed by atoms with Crippen LogP contribution in [0.2, 0.25) is 0 Å². The molecule has 0 aromatic heterocycles. The Morgan fingerprint density at radius 1 is 1.20 bits per heavy atom. The quantitative estimate of drug-likeness (QED) is 0.676. The average Bonchev–Trinajstić information content (AvgIpc) is 3.36. The van der Waals surface area contributed by atoms with Crippen molar-refractivity contribution in [1.29, 1.82) is 0 Å². The fourth-order valence-electron chi connectivity index (χ4n) is 2.34. The Balaban J connectivity index is 2.07. The molecule has 1 aromatic rings. The molecule has 0 saturated heterocycles. The lowest BCUT2D eigenvalue weighted by Crippen LogP contribution is -2.42. The molecule has 1 saturated carbocycles. The molecule has 1 aromatic carbocycles. The number of ether oxygens (including phenoxy) is 1. The van der Waals surface area contributed by atoms with Crippen LogP contribution in [0.4, 0.5) is 0 Å². The van der Waals surface area contributed by atoms with Gasteiger partial charge in [-0.3, -0.25) is 4.79 Å². The van der Waals surface area contributed by atoms with Gasteiger partial charge in [-0.25, -0.2) is 17.9 Å². The largest absolute Gasteiger partial charge is 0.467 e. The van der Waals surface area contributed by atoms with Crippen LogP contribution >= 0.6 is 0 Å². The first-order valence-corrected chi connectivity index (χ1v) is 9.72. The van der Waals surface area contributed by atoms with Gasteiger partial charge in [0.1, 0.15) is 6.04 Å². The van der Waals surface area contributed by atoms with Gasteiger partial charge in [0.2, 0.25) is 10.0 Å². The number of sulfonamides is 1. The highest BCUT2D eigenvalue weighted by Crippen LogP contribution is 2.22. The van der Waals surface area contributed by atoms with Gasteiger partial charge in [-0.15, -0.1) is 0 Å². The van der Waals surface area contributed by atoms with Crippen LogP contribution in [-0.2, 0) is 19.6 Å². The maximum Gasteiger partial charge on any atom is 0.328 e. The van der Waals surface area contributed by atoms with Crippen molar-refractivity contribution in [2.45, 2.75) is 50.1 Å². The summed E-state index contributed by atoms with van der Waals surface area (Å²) in [7, 11) is -2.28. The molecular formula is C17H24N2O5S. The van der Waals surface area contributed by atoms with E-state index in [2.05, 4.69) is 10.0 Å². The van der Waals surface area contributed by atoms with E-state index in [1.54, 1.807) is 0 Å². The number of carbonyl (C=O) groups excluding carboxylic acids is 2. The number of benzene rings is 1. The fraction of sp³-hybridized carbons (Fsp3) is 0.529. The standard InChI is InChI=1S/C17H24N2O5S/c1-11(2)10-15(17(21)24-3)18-16(20)12-4-8-14(9-5-12)25(22,23)19-13-6-7-13/h4-5,8-9,11,13,15,19H,6-7,10H2,1-3H3,(H,18,20). The van der Waals surface area contributed by atoms with E-state index in [1.807, 2.05) is 13.8 Å². The minimum atomic E-state index is -3.55. The van der Waals surface area contributed by atoms with Gasteiger partial charge in [-0.05, 0) is 49.4 Å². The Morgan fingerprint density at radius 2 is 1.80 bits per heavy atom. The summed E-state index contributed by atoms with van der Waals surface area (Å²) < 4.78 is 31.5. The zero-order valence-electron chi connectivity index (χ0n) is 14.6. The third kappa shape index (κ3) is 5.54. The van der Waals surface area contributed by atoms with Gasteiger partial charge < -0.3 is 10.1 Å². The second-order valence-corrected chi connectivity index (χ2v) is 8.31. The van der Waals surface area contributed by atoms with Gasteiger partial charge in [-0.1, -0.05) is 13.8 Å². The summed E-state index contributed by atoms with van der Waals surface area (Å²) in [6, 6.07) is 4.91. The number of rotatable bonds is 8. The van der Waals surface area contributed by atoms with E-state index in [1.165, 1.54) is 31.4 Å².